The summed E-state index contributed by atoms with van der Waals surface area (Å²) in [7, 11) is 0. The number of aryl methyl sites for hydroxylation is 1. The van der Waals surface area contributed by atoms with E-state index in [2.05, 4.69) is 5.32 Å². The van der Waals surface area contributed by atoms with Crippen molar-refractivity contribution in [2.75, 3.05) is 6.54 Å². The van der Waals surface area contributed by atoms with Crippen LogP contribution < -0.4 is 5.32 Å². The molecule has 0 aromatic heterocycles. The first-order valence-corrected chi connectivity index (χ1v) is 7.85. The van der Waals surface area contributed by atoms with Crippen molar-refractivity contribution in [3.05, 3.63) is 69.2 Å². The highest BCUT2D eigenvalue weighted by Gasteiger charge is 2.06. The Hall–Kier alpha value is -1.65. The Morgan fingerprint density at radius 3 is 2.35 bits per heavy atom. The van der Waals surface area contributed by atoms with Gasteiger partial charge in [-0.3, -0.25) is 4.79 Å². The topological polar surface area (TPSA) is 29.1 Å². The Kier molecular flexibility index (Phi) is 6.37. The monoisotopic (exact) mass is 357 g/mol. The van der Waals surface area contributed by atoms with E-state index in [1.807, 2.05) is 0 Å². The average Bonchev–Trinajstić information content (AvgIpc) is 2.45. The van der Waals surface area contributed by atoms with Crippen molar-refractivity contribution in [1.29, 1.82) is 0 Å². The molecule has 2 rings (SSSR count). The van der Waals surface area contributed by atoms with E-state index in [0.717, 1.165) is 11.6 Å². The maximum absolute atomic E-state index is 13.0. The minimum atomic E-state index is -0.622. The second-order valence-electron chi connectivity index (χ2n) is 5.11. The van der Waals surface area contributed by atoms with Crippen LogP contribution >= 0.6 is 23.2 Å². The highest BCUT2D eigenvalue weighted by molar-refractivity contribution is 6.35. The highest BCUT2D eigenvalue weighted by Crippen LogP contribution is 2.22. The summed E-state index contributed by atoms with van der Waals surface area (Å²) >= 11 is 11.9. The van der Waals surface area contributed by atoms with Gasteiger partial charge in [0, 0.05) is 29.1 Å². The number of benzene rings is 2. The second-order valence-corrected chi connectivity index (χ2v) is 5.96. The Morgan fingerprint density at radius 2 is 1.70 bits per heavy atom. The van der Waals surface area contributed by atoms with Crippen LogP contribution in [0.4, 0.5) is 8.78 Å². The third kappa shape index (κ3) is 5.81. The molecule has 0 saturated carbocycles. The zero-order chi connectivity index (χ0) is 16.8. The first-order chi connectivity index (χ1) is 10.9. The molecule has 2 aromatic rings. The molecule has 0 fully saturated rings. The van der Waals surface area contributed by atoms with Crippen LogP contribution in [0.25, 0.3) is 0 Å². The number of hydrogen-bond donors (Lipinski definition) is 1. The summed E-state index contributed by atoms with van der Waals surface area (Å²) in [6, 6.07) is 8.46. The van der Waals surface area contributed by atoms with Gasteiger partial charge in [-0.1, -0.05) is 29.3 Å². The van der Waals surface area contributed by atoms with Crippen LogP contribution in [0, 0.1) is 11.6 Å². The molecule has 1 amide bonds. The number of halogens is 4. The van der Waals surface area contributed by atoms with Crippen molar-refractivity contribution >= 4 is 29.1 Å². The van der Waals surface area contributed by atoms with E-state index < -0.39 is 11.6 Å². The normalized spacial score (nSPS) is 10.6. The molecule has 2 aromatic carbocycles. The number of carbonyl (C=O) groups excluding carboxylic acids is 1. The lowest BCUT2D eigenvalue weighted by Gasteiger charge is -2.07. The molecule has 2 nitrogen and oxygen atoms in total. The lowest BCUT2D eigenvalue weighted by atomic mass is 10.1. The fraction of sp³-hybridized carbons (Fsp3) is 0.235. The molecule has 122 valence electrons. The lowest BCUT2D eigenvalue weighted by molar-refractivity contribution is -0.121. The standard InChI is InChI=1S/C17H15Cl2F2NO/c18-13-3-1-12(16(19)9-13)2-4-17(23)22-6-5-11-7-14(20)10-15(21)8-11/h1,3,7-10H,2,4-6H2,(H,22,23). The van der Waals surface area contributed by atoms with Crippen molar-refractivity contribution in [2.45, 2.75) is 19.3 Å². The molecule has 0 aliphatic rings. The predicted octanol–water partition coefficient (Wildman–Crippen LogP) is 4.56. The Bertz CT molecular complexity index is 687. The van der Waals surface area contributed by atoms with Crippen molar-refractivity contribution in [1.82, 2.24) is 5.32 Å². The average molecular weight is 358 g/mol. The zero-order valence-corrected chi connectivity index (χ0v) is 13.7. The third-order valence-corrected chi connectivity index (χ3v) is 3.88. The maximum atomic E-state index is 13.0. The largest absolute Gasteiger partial charge is 0.356 e. The number of hydrogen-bond acceptors (Lipinski definition) is 1. The van der Waals surface area contributed by atoms with Gasteiger partial charge in [-0.25, -0.2) is 8.78 Å². The van der Waals surface area contributed by atoms with Gasteiger partial charge in [0.1, 0.15) is 11.6 Å². The molecular formula is C17H15Cl2F2NO. The van der Waals surface area contributed by atoms with Gasteiger partial charge in [0.15, 0.2) is 0 Å². The minimum absolute atomic E-state index is 0.145. The molecule has 0 unspecified atom stereocenters. The Balaban J connectivity index is 1.77. The fourth-order valence-corrected chi connectivity index (χ4v) is 2.67. The molecule has 1 N–H and O–H groups in total. The molecule has 23 heavy (non-hydrogen) atoms. The first-order valence-electron chi connectivity index (χ1n) is 7.09. The van der Waals surface area contributed by atoms with E-state index in [1.54, 1.807) is 18.2 Å². The van der Waals surface area contributed by atoms with Gasteiger partial charge < -0.3 is 5.32 Å². The molecule has 0 spiro atoms. The summed E-state index contributed by atoms with van der Waals surface area (Å²) in [4.78, 5) is 11.8. The van der Waals surface area contributed by atoms with Crippen LogP contribution in [-0.2, 0) is 17.6 Å². The van der Waals surface area contributed by atoms with Crippen molar-refractivity contribution in [2.24, 2.45) is 0 Å². The van der Waals surface area contributed by atoms with E-state index >= 15 is 0 Å². The van der Waals surface area contributed by atoms with E-state index in [0.29, 0.717) is 35.0 Å². The van der Waals surface area contributed by atoms with Crippen LogP contribution in [-0.4, -0.2) is 12.5 Å². The van der Waals surface area contributed by atoms with E-state index in [4.69, 9.17) is 23.2 Å². The van der Waals surface area contributed by atoms with Crippen LogP contribution in [0.3, 0.4) is 0 Å². The Labute approximate surface area is 143 Å². The van der Waals surface area contributed by atoms with Crippen molar-refractivity contribution in [3.8, 4) is 0 Å². The molecular weight excluding hydrogens is 343 g/mol. The number of nitrogens with one attached hydrogen (secondary N) is 1. The highest BCUT2D eigenvalue weighted by atomic mass is 35.5. The molecule has 0 saturated heterocycles. The van der Waals surface area contributed by atoms with Gasteiger partial charge in [0.05, 0.1) is 0 Å². The molecule has 0 heterocycles. The van der Waals surface area contributed by atoms with Crippen LogP contribution in [0.2, 0.25) is 10.0 Å². The smallest absolute Gasteiger partial charge is 0.220 e. The van der Waals surface area contributed by atoms with Crippen molar-refractivity contribution < 1.29 is 13.6 Å². The third-order valence-electron chi connectivity index (χ3n) is 3.29. The maximum Gasteiger partial charge on any atom is 0.220 e. The fourth-order valence-electron chi connectivity index (χ4n) is 2.16. The van der Waals surface area contributed by atoms with Crippen LogP contribution in [0.5, 0.6) is 0 Å². The molecule has 0 atom stereocenters. The van der Waals surface area contributed by atoms with Gasteiger partial charge in [0.25, 0.3) is 0 Å². The van der Waals surface area contributed by atoms with Gasteiger partial charge in [-0.2, -0.15) is 0 Å². The predicted molar refractivity (Wildman–Crippen MR) is 87.9 cm³/mol. The molecule has 0 aliphatic heterocycles. The summed E-state index contributed by atoms with van der Waals surface area (Å²) in [5.41, 5.74) is 1.35. The van der Waals surface area contributed by atoms with Crippen LogP contribution in [0.15, 0.2) is 36.4 Å². The van der Waals surface area contributed by atoms with Gasteiger partial charge in [-0.15, -0.1) is 0 Å². The summed E-state index contributed by atoms with van der Waals surface area (Å²) in [5, 5.41) is 3.79. The zero-order valence-electron chi connectivity index (χ0n) is 12.2. The summed E-state index contributed by atoms with van der Waals surface area (Å²) in [5.74, 6) is -1.39. The van der Waals surface area contributed by atoms with E-state index in [-0.39, 0.29) is 12.3 Å². The van der Waals surface area contributed by atoms with Crippen molar-refractivity contribution in [3.63, 3.8) is 0 Å². The number of carbonyl (C=O) groups is 1. The molecule has 6 heteroatoms. The van der Waals surface area contributed by atoms with E-state index in [1.165, 1.54) is 12.1 Å². The first kappa shape index (κ1) is 17.7. The molecule has 0 aliphatic carbocycles. The number of rotatable bonds is 6. The second kappa shape index (κ2) is 8.27. The van der Waals surface area contributed by atoms with Gasteiger partial charge >= 0.3 is 0 Å². The summed E-state index contributed by atoms with van der Waals surface area (Å²) < 4.78 is 26.1. The molecule has 0 radical (unpaired) electrons. The molecule has 0 bridgehead atoms. The lowest BCUT2D eigenvalue weighted by Crippen LogP contribution is -2.25. The number of amides is 1. The van der Waals surface area contributed by atoms with E-state index in [9.17, 15) is 13.6 Å². The Morgan fingerprint density at radius 1 is 1.00 bits per heavy atom. The quantitative estimate of drug-likeness (QED) is 0.806. The van der Waals surface area contributed by atoms with Gasteiger partial charge in [0.2, 0.25) is 5.91 Å². The summed E-state index contributed by atoms with van der Waals surface area (Å²) in [6.07, 6.45) is 1.14. The van der Waals surface area contributed by atoms with Crippen LogP contribution in [0.1, 0.15) is 17.5 Å². The SMILES string of the molecule is O=C(CCc1ccc(Cl)cc1Cl)NCCc1cc(F)cc(F)c1. The van der Waals surface area contributed by atoms with Gasteiger partial charge in [-0.05, 0) is 48.2 Å². The summed E-state index contributed by atoms with van der Waals surface area (Å²) in [6.45, 7) is 0.316. The minimum Gasteiger partial charge on any atom is -0.356 e.